The molecule has 0 atom stereocenters. The zero-order valence-electron chi connectivity index (χ0n) is 4.40. The Kier molecular flexibility index (Phi) is 1.62. The molecule has 0 spiro atoms. The van der Waals surface area contributed by atoms with Gasteiger partial charge in [0.15, 0.2) is 6.35 Å². The van der Waals surface area contributed by atoms with Crippen LogP contribution in [0.1, 0.15) is 0 Å². The maximum Gasteiger partial charge on any atom is 0.163 e. The molecule has 0 unspecified atom stereocenters. The highest BCUT2D eigenvalue weighted by Crippen LogP contribution is 1.82. The van der Waals surface area contributed by atoms with Gasteiger partial charge in [-0.25, -0.2) is 0 Å². The highest BCUT2D eigenvalue weighted by Gasteiger charge is 2.08. The summed E-state index contributed by atoms with van der Waals surface area (Å²) >= 11 is 0. The molecule has 0 radical (unpaired) electrons. The molecule has 0 saturated carbocycles. The summed E-state index contributed by atoms with van der Waals surface area (Å²) in [5.74, 6) is 0. The molecular formula is C4H10N2O. The molecule has 1 aliphatic heterocycles. The van der Waals surface area contributed by atoms with E-state index in [0.29, 0.717) is 0 Å². The minimum atomic E-state index is 0.0972. The molecule has 1 saturated heterocycles. The molecule has 2 N–H and O–H groups in total. The molecule has 1 rings (SSSR count). The van der Waals surface area contributed by atoms with Gasteiger partial charge in [-0.1, -0.05) is 0 Å². The van der Waals surface area contributed by atoms with Crippen LogP contribution in [0.15, 0.2) is 0 Å². The van der Waals surface area contributed by atoms with Gasteiger partial charge in [-0.05, 0) is 0 Å². The van der Waals surface area contributed by atoms with Crippen molar-refractivity contribution in [1.29, 1.82) is 0 Å². The molecule has 7 heavy (non-hydrogen) atoms. The molecule has 3 heteroatoms. The Morgan fingerprint density at radius 1 is 1.43 bits per heavy atom. The van der Waals surface area contributed by atoms with E-state index in [1.807, 2.05) is 0 Å². The van der Waals surface area contributed by atoms with Crippen LogP contribution in [0.2, 0.25) is 0 Å². The fourth-order valence-electron chi connectivity index (χ4n) is 0.645. The molecule has 0 amide bonds. The summed E-state index contributed by atoms with van der Waals surface area (Å²) in [4.78, 5) is 0. The monoisotopic (exact) mass is 102 g/mol. The third-order valence-electron chi connectivity index (χ3n) is 1.02. The lowest BCUT2D eigenvalue weighted by Gasteiger charge is -2.05. The maximum absolute atomic E-state index is 4.89. The quantitative estimate of drug-likeness (QED) is 0.450. The topological polar surface area (TPSA) is 33.3 Å². The number of rotatable bonds is 1. The summed E-state index contributed by atoms with van der Waals surface area (Å²) in [7, 11) is 1.68. The maximum atomic E-state index is 4.89. The van der Waals surface area contributed by atoms with Crippen LogP contribution in [-0.4, -0.2) is 26.6 Å². The van der Waals surface area contributed by atoms with Crippen molar-refractivity contribution in [2.75, 3.05) is 20.2 Å². The molecule has 0 aromatic carbocycles. The molecule has 1 aliphatic rings. The Morgan fingerprint density at radius 2 is 2.00 bits per heavy atom. The van der Waals surface area contributed by atoms with Crippen LogP contribution < -0.4 is 10.6 Å². The first-order valence-electron chi connectivity index (χ1n) is 2.43. The number of nitrogens with one attached hydrogen (secondary N) is 2. The highest BCUT2D eigenvalue weighted by atomic mass is 16.5. The van der Waals surface area contributed by atoms with Gasteiger partial charge in [-0.2, -0.15) is 0 Å². The third-order valence-corrected chi connectivity index (χ3v) is 1.02. The van der Waals surface area contributed by atoms with E-state index in [-0.39, 0.29) is 6.35 Å². The first-order valence-corrected chi connectivity index (χ1v) is 2.43. The van der Waals surface area contributed by atoms with Crippen LogP contribution >= 0.6 is 0 Å². The van der Waals surface area contributed by atoms with Crippen molar-refractivity contribution < 1.29 is 4.74 Å². The van der Waals surface area contributed by atoms with Crippen molar-refractivity contribution in [3.05, 3.63) is 0 Å². The average molecular weight is 102 g/mol. The summed E-state index contributed by atoms with van der Waals surface area (Å²) in [6.45, 7) is 2.02. The van der Waals surface area contributed by atoms with Crippen molar-refractivity contribution in [3.63, 3.8) is 0 Å². The van der Waals surface area contributed by atoms with Crippen LogP contribution in [0.3, 0.4) is 0 Å². The van der Waals surface area contributed by atoms with Gasteiger partial charge in [-0.15, -0.1) is 0 Å². The molecule has 0 aromatic rings. The molecule has 0 aliphatic carbocycles. The standard InChI is InChI=1S/C4H10N2O/c1-7-4-5-2-3-6-4/h4-6H,2-3H2,1H3. The summed E-state index contributed by atoms with van der Waals surface area (Å²) in [5.41, 5.74) is 0. The van der Waals surface area contributed by atoms with E-state index in [0.717, 1.165) is 13.1 Å². The first-order chi connectivity index (χ1) is 3.43. The highest BCUT2D eigenvalue weighted by molar-refractivity contribution is 4.62. The Balaban J connectivity index is 2.14. The van der Waals surface area contributed by atoms with E-state index < -0.39 is 0 Å². The molecule has 1 heterocycles. The number of methoxy groups -OCH3 is 1. The van der Waals surface area contributed by atoms with Crippen LogP contribution in [0.25, 0.3) is 0 Å². The van der Waals surface area contributed by atoms with Crippen LogP contribution in [0.4, 0.5) is 0 Å². The molecule has 1 fully saturated rings. The van der Waals surface area contributed by atoms with E-state index in [1.165, 1.54) is 0 Å². The fourth-order valence-corrected chi connectivity index (χ4v) is 0.645. The number of hydrogen-bond acceptors (Lipinski definition) is 3. The molecule has 0 aromatic heterocycles. The van der Waals surface area contributed by atoms with Crippen LogP contribution in [0.5, 0.6) is 0 Å². The van der Waals surface area contributed by atoms with Gasteiger partial charge in [-0.3, -0.25) is 10.6 Å². The molecule has 0 bridgehead atoms. The van der Waals surface area contributed by atoms with Gasteiger partial charge in [0, 0.05) is 20.2 Å². The van der Waals surface area contributed by atoms with E-state index in [4.69, 9.17) is 4.74 Å². The predicted octanol–water partition coefficient (Wildman–Crippen LogP) is -0.891. The van der Waals surface area contributed by atoms with Gasteiger partial charge in [0.2, 0.25) is 0 Å². The smallest absolute Gasteiger partial charge is 0.163 e. The van der Waals surface area contributed by atoms with Gasteiger partial charge in [0.25, 0.3) is 0 Å². The van der Waals surface area contributed by atoms with Crippen molar-refractivity contribution in [1.82, 2.24) is 10.6 Å². The zero-order valence-corrected chi connectivity index (χ0v) is 4.40. The summed E-state index contributed by atoms with van der Waals surface area (Å²) < 4.78 is 4.89. The second-order valence-electron chi connectivity index (χ2n) is 1.52. The minimum absolute atomic E-state index is 0.0972. The lowest BCUT2D eigenvalue weighted by molar-refractivity contribution is 0.0735. The van der Waals surface area contributed by atoms with E-state index >= 15 is 0 Å². The Morgan fingerprint density at radius 3 is 2.29 bits per heavy atom. The first kappa shape index (κ1) is 5.03. The normalized spacial score (nSPS) is 23.6. The van der Waals surface area contributed by atoms with Gasteiger partial charge < -0.3 is 4.74 Å². The van der Waals surface area contributed by atoms with Crippen molar-refractivity contribution in [2.24, 2.45) is 0 Å². The Hall–Kier alpha value is -0.120. The summed E-state index contributed by atoms with van der Waals surface area (Å²) in [6, 6.07) is 0. The third kappa shape index (κ3) is 1.12. The largest absolute Gasteiger partial charge is 0.353 e. The average Bonchev–Trinajstić information content (AvgIpc) is 2.14. The Bertz CT molecular complexity index is 51.7. The zero-order chi connectivity index (χ0) is 5.11. The molecular weight excluding hydrogens is 92.1 g/mol. The van der Waals surface area contributed by atoms with E-state index in [1.54, 1.807) is 7.11 Å². The Labute approximate surface area is 43.0 Å². The predicted molar refractivity (Wildman–Crippen MR) is 26.8 cm³/mol. The van der Waals surface area contributed by atoms with Crippen molar-refractivity contribution in [3.8, 4) is 0 Å². The van der Waals surface area contributed by atoms with Crippen molar-refractivity contribution in [2.45, 2.75) is 6.35 Å². The summed E-state index contributed by atoms with van der Waals surface area (Å²) in [6.07, 6.45) is 0.0972. The summed E-state index contributed by atoms with van der Waals surface area (Å²) in [5, 5.41) is 6.15. The van der Waals surface area contributed by atoms with Crippen LogP contribution in [-0.2, 0) is 4.74 Å². The number of hydrogen-bond donors (Lipinski definition) is 2. The second kappa shape index (κ2) is 2.26. The SMILES string of the molecule is COC1NCCN1. The fraction of sp³-hybridized carbons (Fsp3) is 1.00. The second-order valence-corrected chi connectivity index (χ2v) is 1.52. The minimum Gasteiger partial charge on any atom is -0.353 e. The van der Waals surface area contributed by atoms with E-state index in [2.05, 4.69) is 10.6 Å². The van der Waals surface area contributed by atoms with E-state index in [9.17, 15) is 0 Å². The lowest BCUT2D eigenvalue weighted by Crippen LogP contribution is -2.32. The lowest BCUT2D eigenvalue weighted by atomic mass is 10.7. The molecule has 42 valence electrons. The van der Waals surface area contributed by atoms with Gasteiger partial charge in [0.1, 0.15) is 0 Å². The van der Waals surface area contributed by atoms with Crippen LogP contribution in [0, 0.1) is 0 Å². The van der Waals surface area contributed by atoms with Gasteiger partial charge >= 0.3 is 0 Å². The van der Waals surface area contributed by atoms with Gasteiger partial charge in [0.05, 0.1) is 0 Å². The molecule has 3 nitrogen and oxygen atoms in total. The number of ether oxygens (including phenoxy) is 1. The van der Waals surface area contributed by atoms with Crippen molar-refractivity contribution >= 4 is 0 Å².